The predicted molar refractivity (Wildman–Crippen MR) is 139 cm³/mol. The van der Waals surface area contributed by atoms with Gasteiger partial charge in [0.15, 0.2) is 0 Å². The molecule has 0 spiro atoms. The van der Waals surface area contributed by atoms with Crippen LogP contribution in [0.15, 0.2) is 42.5 Å². The molecule has 1 heteroatoms. The summed E-state index contributed by atoms with van der Waals surface area (Å²) in [4.78, 5) is 0. The van der Waals surface area contributed by atoms with Crippen LogP contribution in [0.5, 0.6) is 0 Å². The van der Waals surface area contributed by atoms with Gasteiger partial charge in [0.05, 0.1) is 6.61 Å². The van der Waals surface area contributed by atoms with Crippen LogP contribution in [0.4, 0.5) is 0 Å². The Morgan fingerprint density at radius 1 is 0.938 bits per heavy atom. The smallest absolute Gasteiger partial charge is 0.108 e. The first kappa shape index (κ1) is 24.6. The molecule has 1 atom stereocenters. The van der Waals surface area contributed by atoms with Gasteiger partial charge in [-0.2, -0.15) is 0 Å². The van der Waals surface area contributed by atoms with Crippen molar-refractivity contribution in [3.05, 3.63) is 69.6 Å². The quantitative estimate of drug-likeness (QED) is 0.410. The fourth-order valence-corrected chi connectivity index (χ4v) is 4.53. The van der Waals surface area contributed by atoms with E-state index in [0.717, 1.165) is 37.5 Å². The summed E-state index contributed by atoms with van der Waals surface area (Å²) in [5.74, 6) is 2.59. The van der Waals surface area contributed by atoms with Crippen LogP contribution in [-0.2, 0) is 16.6 Å². The van der Waals surface area contributed by atoms with E-state index in [9.17, 15) is 0 Å². The zero-order valence-electron chi connectivity index (χ0n) is 21.6. The van der Waals surface area contributed by atoms with E-state index in [1.54, 1.807) is 0 Å². The molecule has 32 heavy (non-hydrogen) atoms. The Morgan fingerprint density at radius 2 is 1.69 bits per heavy atom. The molecule has 1 nitrogen and oxygen atoms in total. The van der Waals surface area contributed by atoms with Gasteiger partial charge in [-0.25, -0.2) is 0 Å². The van der Waals surface area contributed by atoms with Gasteiger partial charge in [-0.15, -0.1) is 0 Å². The maximum Gasteiger partial charge on any atom is 0.108 e. The largest absolute Gasteiger partial charge is 0.497 e. The molecule has 0 amide bonds. The number of hydrogen-bond acceptors (Lipinski definition) is 1. The Balaban J connectivity index is 2.18. The first-order chi connectivity index (χ1) is 15.2. The summed E-state index contributed by atoms with van der Waals surface area (Å²) >= 11 is 0. The highest BCUT2D eigenvalue weighted by Gasteiger charge is 2.20. The highest BCUT2D eigenvalue weighted by atomic mass is 16.5. The van der Waals surface area contributed by atoms with Crippen LogP contribution in [0.3, 0.4) is 0 Å². The van der Waals surface area contributed by atoms with Crippen molar-refractivity contribution in [3.8, 4) is 0 Å². The van der Waals surface area contributed by atoms with Crippen molar-refractivity contribution in [2.75, 3.05) is 6.61 Å². The zero-order chi connectivity index (χ0) is 23.3. The second kappa shape index (κ2) is 10.7. The molecule has 3 rings (SSSR count). The average molecular weight is 433 g/mol. The second-order valence-electron chi connectivity index (χ2n) is 11.2. The van der Waals surface area contributed by atoms with Crippen molar-refractivity contribution in [1.82, 2.24) is 0 Å². The van der Waals surface area contributed by atoms with Crippen LogP contribution in [0.2, 0.25) is 0 Å². The predicted octanol–water partition coefficient (Wildman–Crippen LogP) is 7.13. The lowest BCUT2D eigenvalue weighted by atomic mass is 9.85. The van der Waals surface area contributed by atoms with E-state index >= 15 is 0 Å². The lowest BCUT2D eigenvalue weighted by molar-refractivity contribution is 0.243. The third kappa shape index (κ3) is 6.06. The monoisotopic (exact) mass is 432 g/mol. The van der Waals surface area contributed by atoms with E-state index < -0.39 is 0 Å². The summed E-state index contributed by atoms with van der Waals surface area (Å²) in [7, 11) is 0. The minimum absolute atomic E-state index is 0.119. The SMILES string of the molecule is CCC(C)CCCC1=c2ccc(C(C)(C)C)cc2=C(OCCC(C)C)Cc2ccccc21. The van der Waals surface area contributed by atoms with Crippen LogP contribution >= 0.6 is 0 Å². The van der Waals surface area contributed by atoms with Crippen molar-refractivity contribution in [3.63, 3.8) is 0 Å². The fourth-order valence-electron chi connectivity index (χ4n) is 4.53. The van der Waals surface area contributed by atoms with Gasteiger partial charge in [-0.3, -0.25) is 0 Å². The van der Waals surface area contributed by atoms with E-state index in [1.165, 1.54) is 52.0 Å². The van der Waals surface area contributed by atoms with Crippen molar-refractivity contribution >= 4 is 11.3 Å². The summed E-state index contributed by atoms with van der Waals surface area (Å²) < 4.78 is 6.54. The lowest BCUT2D eigenvalue weighted by Gasteiger charge is -2.20. The molecule has 0 aliphatic heterocycles. The van der Waals surface area contributed by atoms with E-state index in [4.69, 9.17) is 4.74 Å². The molecule has 0 bridgehead atoms. The fraction of sp³-hybridized carbons (Fsp3) is 0.548. The van der Waals surface area contributed by atoms with Gasteiger partial charge in [0, 0.05) is 11.6 Å². The van der Waals surface area contributed by atoms with Crippen molar-refractivity contribution in [1.29, 1.82) is 0 Å². The Morgan fingerprint density at radius 3 is 2.38 bits per heavy atom. The summed E-state index contributed by atoms with van der Waals surface area (Å²) in [5, 5.41) is 2.70. The van der Waals surface area contributed by atoms with Crippen LogP contribution in [0, 0.1) is 11.8 Å². The Labute approximate surface area is 196 Å². The summed E-state index contributed by atoms with van der Waals surface area (Å²) in [6.07, 6.45) is 6.89. The first-order valence-electron chi connectivity index (χ1n) is 12.8. The van der Waals surface area contributed by atoms with Gasteiger partial charge < -0.3 is 4.74 Å². The van der Waals surface area contributed by atoms with Crippen molar-refractivity contribution in [2.24, 2.45) is 11.8 Å². The molecule has 0 heterocycles. The molecule has 2 aromatic rings. The van der Waals surface area contributed by atoms with E-state index in [2.05, 4.69) is 90.9 Å². The molecular formula is C31H44O. The highest BCUT2D eigenvalue weighted by molar-refractivity contribution is 5.72. The molecule has 0 fully saturated rings. The minimum Gasteiger partial charge on any atom is -0.497 e. The van der Waals surface area contributed by atoms with Crippen LogP contribution in [0.1, 0.15) is 97.3 Å². The number of benzene rings is 2. The summed E-state index contributed by atoms with van der Waals surface area (Å²) in [6.45, 7) is 16.9. The third-order valence-corrected chi connectivity index (χ3v) is 7.00. The van der Waals surface area contributed by atoms with Crippen molar-refractivity contribution < 1.29 is 4.74 Å². The number of fused-ring (bicyclic) bond motifs is 2. The Hall–Kier alpha value is -2.02. The minimum atomic E-state index is 0.119. The molecule has 1 aliphatic carbocycles. The molecule has 0 N–H and O–H groups in total. The van der Waals surface area contributed by atoms with Gasteiger partial charge in [0.1, 0.15) is 5.76 Å². The normalized spacial score (nSPS) is 14.8. The highest BCUT2D eigenvalue weighted by Crippen LogP contribution is 2.28. The van der Waals surface area contributed by atoms with Crippen molar-refractivity contribution in [2.45, 2.75) is 92.4 Å². The molecule has 2 aromatic carbocycles. The maximum absolute atomic E-state index is 6.54. The molecule has 0 radical (unpaired) electrons. The molecule has 174 valence electrons. The molecule has 0 saturated heterocycles. The third-order valence-electron chi connectivity index (χ3n) is 7.00. The Kier molecular flexibility index (Phi) is 8.26. The second-order valence-corrected chi connectivity index (χ2v) is 11.2. The van der Waals surface area contributed by atoms with Crippen LogP contribution < -0.4 is 10.4 Å². The molecular weight excluding hydrogens is 388 g/mol. The number of ether oxygens (including phenoxy) is 1. The molecule has 0 aromatic heterocycles. The topological polar surface area (TPSA) is 9.23 Å². The van der Waals surface area contributed by atoms with Crippen LogP contribution in [0.25, 0.3) is 11.3 Å². The van der Waals surface area contributed by atoms with E-state index in [0.29, 0.717) is 5.92 Å². The van der Waals surface area contributed by atoms with Gasteiger partial charge in [0.25, 0.3) is 0 Å². The standard InChI is InChI=1S/C31H44O/c1-8-23(4)12-11-15-27-26-14-10-9-13-24(26)20-30(32-19-18-22(2)3)29-21-25(31(5,6)7)16-17-28(27)29/h9-10,13-14,16-17,21-23H,8,11-12,15,18-20H2,1-7H3. The number of hydrogen-bond donors (Lipinski definition) is 0. The first-order valence-corrected chi connectivity index (χ1v) is 12.8. The molecule has 0 saturated carbocycles. The number of rotatable bonds is 9. The van der Waals surface area contributed by atoms with Gasteiger partial charge >= 0.3 is 0 Å². The van der Waals surface area contributed by atoms with E-state index in [1.807, 2.05) is 0 Å². The summed E-state index contributed by atoms with van der Waals surface area (Å²) in [6, 6.07) is 16.1. The maximum atomic E-state index is 6.54. The van der Waals surface area contributed by atoms with Crippen LogP contribution in [-0.4, -0.2) is 6.61 Å². The average Bonchev–Trinajstić information content (AvgIpc) is 2.87. The molecule has 1 aliphatic rings. The van der Waals surface area contributed by atoms with Gasteiger partial charge in [-0.1, -0.05) is 97.7 Å². The summed E-state index contributed by atoms with van der Waals surface area (Å²) in [5.41, 5.74) is 5.82. The van der Waals surface area contributed by atoms with Gasteiger partial charge in [0.2, 0.25) is 0 Å². The molecule has 1 unspecified atom stereocenters. The van der Waals surface area contributed by atoms with E-state index in [-0.39, 0.29) is 5.41 Å². The Bertz CT molecular complexity index is 1020. The lowest BCUT2D eigenvalue weighted by Crippen LogP contribution is -2.32. The zero-order valence-corrected chi connectivity index (χ0v) is 21.6. The van der Waals surface area contributed by atoms with Gasteiger partial charge in [-0.05, 0) is 70.1 Å².